The third-order valence-electron chi connectivity index (χ3n) is 4.75. The molecule has 1 aliphatic rings. The highest BCUT2D eigenvalue weighted by atomic mass is 15.1. The van der Waals surface area contributed by atoms with E-state index in [4.69, 9.17) is 0 Å². The molecule has 0 aromatic heterocycles. The van der Waals surface area contributed by atoms with Crippen LogP contribution in [0.15, 0.2) is 12.3 Å². The molecule has 0 amide bonds. The summed E-state index contributed by atoms with van der Waals surface area (Å²) in [6.45, 7) is 18.2. The van der Waals surface area contributed by atoms with Crippen LogP contribution in [-0.4, -0.2) is 18.0 Å². The van der Waals surface area contributed by atoms with Crippen molar-refractivity contribution in [2.24, 2.45) is 17.3 Å². The van der Waals surface area contributed by atoms with Crippen molar-refractivity contribution in [2.45, 2.75) is 66.7 Å². The third kappa shape index (κ3) is 4.33. The number of allylic oxidation sites excluding steroid dienone is 1. The first-order valence-electron chi connectivity index (χ1n) is 7.82. The zero-order valence-corrected chi connectivity index (χ0v) is 13.3. The lowest BCUT2D eigenvalue weighted by molar-refractivity contribution is 0.336. The number of hydrogen-bond donors (Lipinski definition) is 0. The van der Waals surface area contributed by atoms with Gasteiger partial charge in [0.25, 0.3) is 0 Å². The Hall–Kier alpha value is -0.460. The first-order chi connectivity index (χ1) is 8.39. The zero-order valence-electron chi connectivity index (χ0n) is 13.3. The summed E-state index contributed by atoms with van der Waals surface area (Å²) >= 11 is 0. The highest BCUT2D eigenvalue weighted by molar-refractivity contribution is 4.94. The van der Waals surface area contributed by atoms with Gasteiger partial charge in [0.05, 0.1) is 0 Å². The second-order valence-electron chi connectivity index (χ2n) is 6.94. The molecule has 0 bridgehead atoms. The predicted molar refractivity (Wildman–Crippen MR) is 81.6 cm³/mol. The molecule has 2 unspecified atom stereocenters. The molecule has 2 atom stereocenters. The highest BCUT2D eigenvalue weighted by Crippen LogP contribution is 2.46. The van der Waals surface area contributed by atoms with Gasteiger partial charge in [0, 0.05) is 18.8 Å². The molecule has 1 saturated carbocycles. The van der Waals surface area contributed by atoms with Crippen molar-refractivity contribution in [1.29, 1.82) is 0 Å². The largest absolute Gasteiger partial charge is 0.376 e. The molecule has 1 rings (SSSR count). The molecule has 0 saturated heterocycles. The molecule has 18 heavy (non-hydrogen) atoms. The van der Waals surface area contributed by atoms with E-state index in [1.54, 1.807) is 0 Å². The van der Waals surface area contributed by atoms with Crippen molar-refractivity contribution in [1.82, 2.24) is 4.90 Å². The van der Waals surface area contributed by atoms with Crippen LogP contribution in [0.25, 0.3) is 0 Å². The summed E-state index contributed by atoms with van der Waals surface area (Å²) in [5.41, 5.74) is 1.92. The van der Waals surface area contributed by atoms with Gasteiger partial charge < -0.3 is 4.90 Å². The quantitative estimate of drug-likeness (QED) is 0.609. The van der Waals surface area contributed by atoms with Crippen LogP contribution in [-0.2, 0) is 0 Å². The molecule has 0 aromatic rings. The van der Waals surface area contributed by atoms with Gasteiger partial charge in [-0.25, -0.2) is 0 Å². The molecule has 0 N–H and O–H groups in total. The van der Waals surface area contributed by atoms with Gasteiger partial charge in [-0.15, -0.1) is 0 Å². The fourth-order valence-corrected chi connectivity index (χ4v) is 3.82. The van der Waals surface area contributed by atoms with Gasteiger partial charge in [-0.3, -0.25) is 0 Å². The Morgan fingerprint density at radius 3 is 2.28 bits per heavy atom. The molecule has 1 aliphatic carbocycles. The first-order valence-corrected chi connectivity index (χ1v) is 7.82. The normalized spacial score (nSPS) is 26.3. The van der Waals surface area contributed by atoms with E-state index in [1.807, 2.05) is 0 Å². The maximum Gasteiger partial charge on any atom is 0.0146 e. The van der Waals surface area contributed by atoms with Gasteiger partial charge in [0.2, 0.25) is 0 Å². The van der Waals surface area contributed by atoms with E-state index < -0.39 is 0 Å². The summed E-state index contributed by atoms with van der Waals surface area (Å²) in [4.78, 5) is 2.39. The van der Waals surface area contributed by atoms with Crippen LogP contribution in [0.1, 0.15) is 66.7 Å². The molecular formula is C17H33N. The van der Waals surface area contributed by atoms with Crippen molar-refractivity contribution >= 4 is 0 Å². The van der Waals surface area contributed by atoms with Crippen molar-refractivity contribution in [3.8, 4) is 0 Å². The van der Waals surface area contributed by atoms with Crippen LogP contribution < -0.4 is 0 Å². The summed E-state index contributed by atoms with van der Waals surface area (Å²) in [6.07, 6.45) is 6.73. The van der Waals surface area contributed by atoms with E-state index in [-0.39, 0.29) is 0 Å². The van der Waals surface area contributed by atoms with Gasteiger partial charge in [-0.2, -0.15) is 0 Å². The second kappa shape index (κ2) is 6.63. The third-order valence-corrected chi connectivity index (χ3v) is 4.75. The Labute approximate surface area is 115 Å². The molecule has 0 aromatic carbocycles. The second-order valence-corrected chi connectivity index (χ2v) is 6.94. The average Bonchev–Trinajstić information content (AvgIpc) is 2.53. The summed E-state index contributed by atoms with van der Waals surface area (Å²) in [7, 11) is 0. The van der Waals surface area contributed by atoms with E-state index in [9.17, 15) is 0 Å². The van der Waals surface area contributed by atoms with E-state index in [0.717, 1.165) is 24.9 Å². The van der Waals surface area contributed by atoms with Gasteiger partial charge in [0.1, 0.15) is 0 Å². The minimum absolute atomic E-state index is 0.583. The highest BCUT2D eigenvalue weighted by Gasteiger charge is 2.35. The van der Waals surface area contributed by atoms with E-state index in [1.165, 1.54) is 37.8 Å². The fraction of sp³-hybridized carbons (Fsp3) is 0.882. The lowest BCUT2D eigenvalue weighted by atomic mass is 9.89. The van der Waals surface area contributed by atoms with E-state index in [2.05, 4.69) is 46.1 Å². The Balaban J connectivity index is 2.28. The van der Waals surface area contributed by atoms with Crippen molar-refractivity contribution < 1.29 is 0 Å². The van der Waals surface area contributed by atoms with Crippen LogP contribution in [0, 0.1) is 17.3 Å². The van der Waals surface area contributed by atoms with Gasteiger partial charge in [-0.05, 0) is 63.2 Å². The fourth-order valence-electron chi connectivity index (χ4n) is 3.82. The van der Waals surface area contributed by atoms with Crippen LogP contribution >= 0.6 is 0 Å². The van der Waals surface area contributed by atoms with Crippen LogP contribution in [0.3, 0.4) is 0 Å². The van der Waals surface area contributed by atoms with Crippen molar-refractivity contribution in [3.05, 3.63) is 12.3 Å². The molecule has 0 spiro atoms. The Bertz CT molecular complexity index is 263. The lowest BCUT2D eigenvalue weighted by Crippen LogP contribution is -2.21. The summed E-state index contributed by atoms with van der Waals surface area (Å²) < 4.78 is 0. The monoisotopic (exact) mass is 251 g/mol. The lowest BCUT2D eigenvalue weighted by Gasteiger charge is -2.24. The van der Waals surface area contributed by atoms with Gasteiger partial charge >= 0.3 is 0 Å². The number of hydrogen-bond acceptors (Lipinski definition) is 1. The maximum atomic E-state index is 4.23. The number of nitrogens with zero attached hydrogens (tertiary/aromatic N) is 1. The Kier molecular flexibility index (Phi) is 5.75. The molecule has 1 fully saturated rings. The molecule has 0 radical (unpaired) electrons. The molecule has 1 nitrogen and oxygen atoms in total. The topological polar surface area (TPSA) is 3.24 Å². The minimum Gasteiger partial charge on any atom is -0.376 e. The first kappa shape index (κ1) is 15.6. The van der Waals surface area contributed by atoms with E-state index in [0.29, 0.717) is 5.41 Å². The molecule has 0 heterocycles. The molecule has 1 heteroatoms. The van der Waals surface area contributed by atoms with Gasteiger partial charge in [0.15, 0.2) is 0 Å². The average molecular weight is 251 g/mol. The predicted octanol–water partition coefficient (Wildman–Crippen LogP) is 5.08. The minimum atomic E-state index is 0.583. The molecule has 0 aliphatic heterocycles. The summed E-state index contributed by atoms with van der Waals surface area (Å²) in [5, 5.41) is 0. The summed E-state index contributed by atoms with van der Waals surface area (Å²) in [6, 6.07) is 0. The maximum absolute atomic E-state index is 4.23. The van der Waals surface area contributed by atoms with E-state index >= 15 is 0 Å². The van der Waals surface area contributed by atoms with Crippen LogP contribution in [0.5, 0.6) is 0 Å². The SMILES string of the molecule is C=C(CCCC1CC(C)(C)CC1C)N(CC)CC. The molecule has 106 valence electrons. The van der Waals surface area contributed by atoms with Crippen molar-refractivity contribution in [2.75, 3.05) is 13.1 Å². The standard InChI is InChI=1S/C17H33N/c1-7-18(8-2)15(4)10-9-11-16-13-17(5,6)12-14(16)3/h14,16H,4,7-13H2,1-3,5-6H3. The summed E-state index contributed by atoms with van der Waals surface area (Å²) in [5.74, 6) is 1.87. The Morgan fingerprint density at radius 2 is 1.83 bits per heavy atom. The van der Waals surface area contributed by atoms with Crippen molar-refractivity contribution in [3.63, 3.8) is 0 Å². The number of rotatable bonds is 7. The Morgan fingerprint density at radius 1 is 1.22 bits per heavy atom. The van der Waals surface area contributed by atoms with Crippen LogP contribution in [0.4, 0.5) is 0 Å². The smallest absolute Gasteiger partial charge is 0.0146 e. The van der Waals surface area contributed by atoms with Gasteiger partial charge in [-0.1, -0.05) is 27.4 Å². The molecular weight excluding hydrogens is 218 g/mol. The zero-order chi connectivity index (χ0) is 13.8. The van der Waals surface area contributed by atoms with Crippen LogP contribution in [0.2, 0.25) is 0 Å².